The Hall–Kier alpha value is -2.40. The van der Waals surface area contributed by atoms with E-state index in [4.69, 9.17) is 9.26 Å². The second kappa shape index (κ2) is 5.30. The predicted molar refractivity (Wildman–Crippen MR) is 74.5 cm³/mol. The molecule has 102 valence electrons. The van der Waals surface area contributed by atoms with Crippen LogP contribution in [0.1, 0.15) is 5.82 Å². The topological polar surface area (TPSA) is 68.4 Å². The number of hydrogen-bond acceptors (Lipinski definition) is 5. The van der Waals surface area contributed by atoms with E-state index in [1.807, 2.05) is 30.3 Å². The molecule has 0 aliphatic rings. The maximum atomic E-state index is 10.1. The lowest BCUT2D eigenvalue weighted by Crippen LogP contribution is -1.96. The number of rotatable bonds is 4. The van der Waals surface area contributed by atoms with Crippen molar-refractivity contribution < 1.29 is 14.4 Å². The van der Waals surface area contributed by atoms with E-state index in [9.17, 15) is 5.11 Å². The second-order valence-corrected chi connectivity index (χ2v) is 4.48. The first-order valence-corrected chi connectivity index (χ1v) is 6.31. The van der Waals surface area contributed by atoms with Gasteiger partial charge in [-0.15, -0.1) is 0 Å². The maximum Gasteiger partial charge on any atom is 0.261 e. The molecule has 3 aromatic rings. The van der Waals surface area contributed by atoms with Gasteiger partial charge in [-0.05, 0) is 22.9 Å². The minimum atomic E-state index is 0.130. The molecule has 0 fully saturated rings. The molecule has 20 heavy (non-hydrogen) atoms. The van der Waals surface area contributed by atoms with Gasteiger partial charge in [0.05, 0.1) is 12.2 Å². The highest BCUT2D eigenvalue weighted by atomic mass is 16.5. The number of ether oxygens (including phenoxy) is 1. The molecule has 5 nitrogen and oxygen atoms in total. The average Bonchev–Trinajstić information content (AvgIpc) is 2.93. The summed E-state index contributed by atoms with van der Waals surface area (Å²) in [5, 5.41) is 15.9. The summed E-state index contributed by atoms with van der Waals surface area (Å²) in [6.07, 6.45) is 0.578. The number of methoxy groups -OCH3 is 1. The van der Waals surface area contributed by atoms with Crippen molar-refractivity contribution in [1.82, 2.24) is 10.1 Å². The molecular formula is C15H14N2O3. The average molecular weight is 270 g/mol. The van der Waals surface area contributed by atoms with E-state index in [2.05, 4.69) is 10.1 Å². The van der Waals surface area contributed by atoms with Crippen LogP contribution >= 0.6 is 0 Å². The number of phenols is 1. The third kappa shape index (κ3) is 2.35. The highest BCUT2D eigenvalue weighted by molar-refractivity contribution is 5.89. The zero-order chi connectivity index (χ0) is 13.9. The van der Waals surface area contributed by atoms with Gasteiger partial charge in [0.15, 0.2) is 5.82 Å². The Morgan fingerprint density at radius 2 is 1.95 bits per heavy atom. The van der Waals surface area contributed by atoms with Crippen molar-refractivity contribution in [3.8, 4) is 17.2 Å². The number of hydrogen-bond donors (Lipinski definition) is 1. The second-order valence-electron chi connectivity index (χ2n) is 4.48. The standard InChI is InChI=1S/C15H14N2O3/c1-19-7-6-14-16-15(20-17-14)12-8-10-4-2-3-5-11(10)9-13(12)18/h2-5,8-9,18H,6-7H2,1H3. The van der Waals surface area contributed by atoms with Crippen LogP contribution in [-0.2, 0) is 11.2 Å². The summed E-state index contributed by atoms with van der Waals surface area (Å²) in [4.78, 5) is 4.27. The number of fused-ring (bicyclic) bond motifs is 1. The van der Waals surface area contributed by atoms with Crippen molar-refractivity contribution in [2.45, 2.75) is 6.42 Å². The molecule has 0 atom stereocenters. The number of aromatic nitrogens is 2. The zero-order valence-electron chi connectivity index (χ0n) is 11.0. The van der Waals surface area contributed by atoms with Crippen LogP contribution in [0.2, 0.25) is 0 Å². The van der Waals surface area contributed by atoms with Gasteiger partial charge in [-0.2, -0.15) is 4.98 Å². The Bertz CT molecular complexity index is 737. The van der Waals surface area contributed by atoms with Crippen LogP contribution in [0, 0.1) is 0 Å². The van der Waals surface area contributed by atoms with E-state index < -0.39 is 0 Å². The van der Waals surface area contributed by atoms with Gasteiger partial charge < -0.3 is 14.4 Å². The van der Waals surface area contributed by atoms with Crippen LogP contribution in [0.15, 0.2) is 40.9 Å². The fourth-order valence-electron chi connectivity index (χ4n) is 2.06. The van der Waals surface area contributed by atoms with Crippen molar-refractivity contribution in [3.63, 3.8) is 0 Å². The molecule has 1 heterocycles. The van der Waals surface area contributed by atoms with Gasteiger partial charge in [0.1, 0.15) is 5.75 Å². The Morgan fingerprint density at radius 3 is 2.70 bits per heavy atom. The molecule has 0 aliphatic heterocycles. The molecule has 0 unspecified atom stereocenters. The predicted octanol–water partition coefficient (Wildman–Crippen LogP) is 2.78. The fraction of sp³-hybridized carbons (Fsp3) is 0.200. The molecule has 0 spiro atoms. The molecule has 0 amide bonds. The van der Waals surface area contributed by atoms with Crippen LogP contribution < -0.4 is 0 Å². The van der Waals surface area contributed by atoms with E-state index >= 15 is 0 Å². The van der Waals surface area contributed by atoms with Gasteiger partial charge in [0.25, 0.3) is 5.89 Å². The lowest BCUT2D eigenvalue weighted by molar-refractivity contribution is 0.199. The highest BCUT2D eigenvalue weighted by Crippen LogP contribution is 2.32. The summed E-state index contributed by atoms with van der Waals surface area (Å²) in [6, 6.07) is 11.3. The Kier molecular flexibility index (Phi) is 3.35. The lowest BCUT2D eigenvalue weighted by atomic mass is 10.1. The maximum absolute atomic E-state index is 10.1. The van der Waals surface area contributed by atoms with Crippen molar-refractivity contribution in [2.24, 2.45) is 0 Å². The largest absolute Gasteiger partial charge is 0.507 e. The monoisotopic (exact) mass is 270 g/mol. The van der Waals surface area contributed by atoms with Crippen LogP contribution in [-0.4, -0.2) is 29.0 Å². The molecule has 5 heteroatoms. The van der Waals surface area contributed by atoms with Gasteiger partial charge >= 0.3 is 0 Å². The van der Waals surface area contributed by atoms with Gasteiger partial charge in [-0.3, -0.25) is 0 Å². The van der Waals surface area contributed by atoms with Crippen LogP contribution in [0.25, 0.3) is 22.2 Å². The summed E-state index contributed by atoms with van der Waals surface area (Å²) in [5.41, 5.74) is 0.542. The first kappa shape index (κ1) is 12.6. The van der Waals surface area contributed by atoms with Crippen molar-refractivity contribution in [1.29, 1.82) is 0 Å². The summed E-state index contributed by atoms with van der Waals surface area (Å²) in [6.45, 7) is 0.530. The minimum absolute atomic E-state index is 0.130. The summed E-state index contributed by atoms with van der Waals surface area (Å²) in [7, 11) is 1.62. The van der Waals surface area contributed by atoms with Crippen LogP contribution in [0.4, 0.5) is 0 Å². The Morgan fingerprint density at radius 1 is 1.20 bits per heavy atom. The van der Waals surface area contributed by atoms with Gasteiger partial charge in [-0.1, -0.05) is 29.4 Å². The summed E-state index contributed by atoms with van der Waals surface area (Å²) in [5.74, 6) is 1.01. The van der Waals surface area contributed by atoms with E-state index in [1.54, 1.807) is 13.2 Å². The van der Waals surface area contributed by atoms with Gasteiger partial charge in [0.2, 0.25) is 0 Å². The van der Waals surface area contributed by atoms with Crippen molar-refractivity contribution in [3.05, 3.63) is 42.2 Å². The highest BCUT2D eigenvalue weighted by Gasteiger charge is 2.13. The molecule has 2 aromatic carbocycles. The van der Waals surface area contributed by atoms with E-state index in [-0.39, 0.29) is 5.75 Å². The van der Waals surface area contributed by atoms with E-state index in [0.29, 0.717) is 30.3 Å². The molecule has 0 radical (unpaired) electrons. The van der Waals surface area contributed by atoms with Crippen LogP contribution in [0.5, 0.6) is 5.75 Å². The van der Waals surface area contributed by atoms with E-state index in [1.165, 1.54) is 0 Å². The van der Waals surface area contributed by atoms with Gasteiger partial charge in [-0.25, -0.2) is 0 Å². The molecule has 0 aliphatic carbocycles. The van der Waals surface area contributed by atoms with E-state index in [0.717, 1.165) is 10.8 Å². The quantitative estimate of drug-likeness (QED) is 0.789. The summed E-state index contributed by atoms with van der Waals surface area (Å²) < 4.78 is 10.2. The first-order valence-electron chi connectivity index (χ1n) is 6.31. The molecule has 3 rings (SSSR count). The zero-order valence-corrected chi connectivity index (χ0v) is 11.0. The van der Waals surface area contributed by atoms with Crippen molar-refractivity contribution >= 4 is 10.8 Å². The molecule has 0 bridgehead atoms. The Balaban J connectivity index is 2.00. The van der Waals surface area contributed by atoms with Crippen LogP contribution in [0.3, 0.4) is 0 Å². The molecule has 0 saturated heterocycles. The number of nitrogens with zero attached hydrogens (tertiary/aromatic N) is 2. The lowest BCUT2D eigenvalue weighted by Gasteiger charge is -2.02. The molecule has 1 aromatic heterocycles. The van der Waals surface area contributed by atoms with Crippen molar-refractivity contribution in [2.75, 3.05) is 13.7 Å². The molecule has 0 saturated carbocycles. The Labute approximate surface area is 115 Å². The number of aromatic hydroxyl groups is 1. The minimum Gasteiger partial charge on any atom is -0.507 e. The third-order valence-electron chi connectivity index (χ3n) is 3.09. The smallest absolute Gasteiger partial charge is 0.261 e. The SMILES string of the molecule is COCCc1noc(-c2cc3ccccc3cc2O)n1. The number of phenolic OH excluding ortho intramolecular Hbond substituents is 1. The molecule has 1 N–H and O–H groups in total. The number of benzene rings is 2. The first-order chi connectivity index (χ1) is 9.78. The normalized spacial score (nSPS) is 11.1. The molecular weight excluding hydrogens is 256 g/mol. The third-order valence-corrected chi connectivity index (χ3v) is 3.09. The fourth-order valence-corrected chi connectivity index (χ4v) is 2.06. The van der Waals surface area contributed by atoms with Gasteiger partial charge in [0, 0.05) is 13.5 Å². The summed E-state index contributed by atoms with van der Waals surface area (Å²) >= 11 is 0.